The van der Waals surface area contributed by atoms with Crippen molar-refractivity contribution in [2.24, 2.45) is 16.7 Å². The summed E-state index contributed by atoms with van der Waals surface area (Å²) in [5.74, 6) is -0.536. The van der Waals surface area contributed by atoms with E-state index in [9.17, 15) is 20.1 Å². The number of aliphatic hydroxyl groups excluding tert-OH is 2. The fourth-order valence-corrected chi connectivity index (χ4v) is 4.26. The van der Waals surface area contributed by atoms with Crippen molar-refractivity contribution in [3.05, 3.63) is 11.6 Å². The topological polar surface area (TPSA) is 77.8 Å². The van der Waals surface area contributed by atoms with E-state index in [1.807, 2.05) is 20.8 Å². The molecule has 0 aromatic rings. The van der Waals surface area contributed by atoms with Gasteiger partial charge in [-0.25, -0.2) is 0 Å². The largest absolute Gasteiger partial charge is 0.393 e. The van der Waals surface area contributed by atoms with Crippen molar-refractivity contribution in [2.45, 2.75) is 52.2 Å². The van der Waals surface area contributed by atoms with Crippen LogP contribution in [-0.4, -0.2) is 39.4 Å². The number of aliphatic hydroxyl groups is 3. The summed E-state index contributed by atoms with van der Waals surface area (Å²) in [5.41, 5.74) is -2.21. The lowest BCUT2D eigenvalue weighted by molar-refractivity contribution is -0.191. The zero-order chi connectivity index (χ0) is 14.6. The van der Waals surface area contributed by atoms with Crippen LogP contribution < -0.4 is 0 Å². The molecule has 19 heavy (non-hydrogen) atoms. The summed E-state index contributed by atoms with van der Waals surface area (Å²) in [7, 11) is 0. The first-order valence-electron chi connectivity index (χ1n) is 6.85. The first-order chi connectivity index (χ1) is 8.61. The average Bonchev–Trinajstić information content (AvgIpc) is 2.31. The van der Waals surface area contributed by atoms with Crippen molar-refractivity contribution in [3.8, 4) is 0 Å². The SMILES string of the molecule is CC1=CC(=O)[C@H]2C(C)(C)[C@@H](O)CC[C@]2(C)[C@]1(O)CO. The van der Waals surface area contributed by atoms with Gasteiger partial charge in [0.05, 0.1) is 12.7 Å². The van der Waals surface area contributed by atoms with E-state index in [-0.39, 0.29) is 5.78 Å². The summed E-state index contributed by atoms with van der Waals surface area (Å²) in [6, 6.07) is 0. The van der Waals surface area contributed by atoms with Gasteiger partial charge in [-0.1, -0.05) is 20.8 Å². The maximum Gasteiger partial charge on any atom is 0.160 e. The number of carbonyl (C=O) groups is 1. The molecule has 0 aliphatic heterocycles. The molecule has 0 amide bonds. The van der Waals surface area contributed by atoms with Crippen molar-refractivity contribution in [1.82, 2.24) is 0 Å². The summed E-state index contributed by atoms with van der Waals surface area (Å²) in [4.78, 5) is 12.4. The van der Waals surface area contributed by atoms with Crippen molar-refractivity contribution in [3.63, 3.8) is 0 Å². The zero-order valence-corrected chi connectivity index (χ0v) is 12.1. The third-order valence-electron chi connectivity index (χ3n) is 5.65. The molecule has 0 unspecified atom stereocenters. The van der Waals surface area contributed by atoms with Crippen molar-refractivity contribution >= 4 is 5.78 Å². The lowest BCUT2D eigenvalue weighted by Gasteiger charge is -2.59. The standard InChI is InChI=1S/C15H24O4/c1-9-7-10(17)12-13(2,3)11(18)5-6-14(12,4)15(9,19)8-16/h7,11-12,16,18-19H,5-6,8H2,1-4H3/t11-,12-,14-,15-/m0/s1. The molecule has 3 N–H and O–H groups in total. The van der Waals surface area contributed by atoms with Gasteiger partial charge in [-0.3, -0.25) is 4.79 Å². The van der Waals surface area contributed by atoms with E-state index in [4.69, 9.17) is 0 Å². The first-order valence-corrected chi connectivity index (χ1v) is 6.85. The Bertz CT molecular complexity index is 439. The number of fused-ring (bicyclic) bond motifs is 1. The third-order valence-corrected chi connectivity index (χ3v) is 5.65. The Kier molecular flexibility index (Phi) is 3.20. The van der Waals surface area contributed by atoms with E-state index in [2.05, 4.69) is 0 Å². The van der Waals surface area contributed by atoms with Crippen LogP contribution in [0.1, 0.15) is 40.5 Å². The molecule has 0 aromatic carbocycles. The molecule has 0 bridgehead atoms. The minimum atomic E-state index is -1.39. The fourth-order valence-electron chi connectivity index (χ4n) is 4.26. The molecule has 2 aliphatic carbocycles. The minimum absolute atomic E-state index is 0.0538. The highest BCUT2D eigenvalue weighted by atomic mass is 16.3. The van der Waals surface area contributed by atoms with Crippen LogP contribution in [0, 0.1) is 16.7 Å². The summed E-state index contributed by atoms with van der Waals surface area (Å²) in [6.07, 6.45) is 1.92. The van der Waals surface area contributed by atoms with E-state index < -0.39 is 35.1 Å². The summed E-state index contributed by atoms with van der Waals surface area (Å²) in [6.45, 7) is 6.87. The van der Waals surface area contributed by atoms with Crippen LogP contribution in [-0.2, 0) is 4.79 Å². The Hall–Kier alpha value is -0.710. The molecule has 108 valence electrons. The van der Waals surface area contributed by atoms with Gasteiger partial charge >= 0.3 is 0 Å². The van der Waals surface area contributed by atoms with Gasteiger partial charge in [0.25, 0.3) is 0 Å². The van der Waals surface area contributed by atoms with Crippen molar-refractivity contribution in [2.75, 3.05) is 6.61 Å². The van der Waals surface area contributed by atoms with Gasteiger partial charge < -0.3 is 15.3 Å². The second-order valence-corrected chi connectivity index (χ2v) is 6.97. The van der Waals surface area contributed by atoms with Gasteiger partial charge in [-0.05, 0) is 31.4 Å². The second kappa shape index (κ2) is 4.14. The van der Waals surface area contributed by atoms with Crippen LogP contribution >= 0.6 is 0 Å². The average molecular weight is 268 g/mol. The van der Waals surface area contributed by atoms with Crippen LogP contribution in [0.25, 0.3) is 0 Å². The van der Waals surface area contributed by atoms with Gasteiger partial charge in [-0.2, -0.15) is 0 Å². The van der Waals surface area contributed by atoms with E-state index in [0.29, 0.717) is 18.4 Å². The number of allylic oxidation sites excluding steroid dienone is 1. The Balaban J connectivity index is 2.63. The quantitative estimate of drug-likeness (QED) is 0.664. The Morgan fingerprint density at radius 1 is 1.37 bits per heavy atom. The van der Waals surface area contributed by atoms with E-state index in [1.54, 1.807) is 6.92 Å². The number of ketones is 1. The highest BCUT2D eigenvalue weighted by Crippen LogP contribution is 2.59. The van der Waals surface area contributed by atoms with Gasteiger partial charge in [0.1, 0.15) is 5.60 Å². The van der Waals surface area contributed by atoms with E-state index in [0.717, 1.165) is 0 Å². The molecule has 4 atom stereocenters. The molecule has 1 fully saturated rings. The summed E-state index contributed by atoms with van der Waals surface area (Å²) in [5, 5.41) is 30.8. The van der Waals surface area contributed by atoms with Gasteiger partial charge in [0.15, 0.2) is 5.78 Å². The van der Waals surface area contributed by atoms with Gasteiger partial charge in [0.2, 0.25) is 0 Å². The Morgan fingerprint density at radius 3 is 2.47 bits per heavy atom. The second-order valence-electron chi connectivity index (χ2n) is 6.97. The number of hydrogen-bond donors (Lipinski definition) is 3. The third kappa shape index (κ3) is 1.66. The molecule has 0 heterocycles. The highest BCUT2D eigenvalue weighted by molar-refractivity contribution is 5.95. The monoisotopic (exact) mass is 268 g/mol. The number of carbonyl (C=O) groups excluding carboxylic acids is 1. The van der Waals surface area contributed by atoms with Crippen LogP contribution in [0.15, 0.2) is 11.6 Å². The van der Waals surface area contributed by atoms with Crippen LogP contribution in [0.4, 0.5) is 0 Å². The van der Waals surface area contributed by atoms with E-state index >= 15 is 0 Å². The molecule has 4 nitrogen and oxygen atoms in total. The number of rotatable bonds is 1. The molecule has 4 heteroatoms. The molecular weight excluding hydrogens is 244 g/mol. The van der Waals surface area contributed by atoms with Crippen molar-refractivity contribution in [1.29, 1.82) is 0 Å². The lowest BCUT2D eigenvalue weighted by Crippen LogP contribution is -2.65. The molecule has 0 spiro atoms. The predicted molar refractivity (Wildman–Crippen MR) is 71.4 cm³/mol. The molecular formula is C15H24O4. The smallest absolute Gasteiger partial charge is 0.160 e. The zero-order valence-electron chi connectivity index (χ0n) is 12.1. The Labute approximate surface area is 114 Å². The normalized spacial score (nSPS) is 45.6. The van der Waals surface area contributed by atoms with Crippen LogP contribution in [0.3, 0.4) is 0 Å². The Morgan fingerprint density at radius 2 is 1.95 bits per heavy atom. The molecule has 0 radical (unpaired) electrons. The van der Waals surface area contributed by atoms with Gasteiger partial charge in [0, 0.05) is 16.7 Å². The molecule has 2 rings (SSSR count). The van der Waals surface area contributed by atoms with Crippen molar-refractivity contribution < 1.29 is 20.1 Å². The maximum atomic E-state index is 12.4. The maximum absolute atomic E-state index is 12.4. The molecule has 2 aliphatic rings. The predicted octanol–water partition coefficient (Wildman–Crippen LogP) is 1.04. The van der Waals surface area contributed by atoms with E-state index in [1.165, 1.54) is 6.08 Å². The fraction of sp³-hybridized carbons (Fsp3) is 0.800. The first kappa shape index (κ1) is 14.7. The van der Waals surface area contributed by atoms with Gasteiger partial charge in [-0.15, -0.1) is 0 Å². The molecule has 1 saturated carbocycles. The minimum Gasteiger partial charge on any atom is -0.393 e. The summed E-state index contributed by atoms with van der Waals surface area (Å²) >= 11 is 0. The summed E-state index contributed by atoms with van der Waals surface area (Å²) < 4.78 is 0. The molecule has 0 aromatic heterocycles. The van der Waals surface area contributed by atoms with Crippen LogP contribution in [0.5, 0.6) is 0 Å². The molecule has 0 saturated heterocycles. The van der Waals surface area contributed by atoms with Crippen LogP contribution in [0.2, 0.25) is 0 Å². The number of hydrogen-bond acceptors (Lipinski definition) is 4. The lowest BCUT2D eigenvalue weighted by atomic mass is 9.46. The highest BCUT2D eigenvalue weighted by Gasteiger charge is 2.64.